The number of amides is 1. The maximum absolute atomic E-state index is 13.5. The van der Waals surface area contributed by atoms with E-state index >= 15 is 0 Å². The Hall–Kier alpha value is -3.55. The number of aromatic nitrogens is 2. The van der Waals surface area contributed by atoms with Crippen molar-refractivity contribution in [3.8, 4) is 0 Å². The topological polar surface area (TPSA) is 83.4 Å². The number of aryl methyl sites for hydroxylation is 2. The quantitative estimate of drug-likeness (QED) is 0.177. The lowest BCUT2D eigenvalue weighted by Gasteiger charge is -2.23. The van der Waals surface area contributed by atoms with Gasteiger partial charge in [-0.1, -0.05) is 61.9 Å². The van der Waals surface area contributed by atoms with E-state index in [2.05, 4.69) is 30.7 Å². The lowest BCUT2D eigenvalue weighted by molar-refractivity contribution is -0.132. The molecule has 4 aromatic rings. The first-order valence-electron chi connectivity index (χ1n) is 11.9. The van der Waals surface area contributed by atoms with Crippen molar-refractivity contribution >= 4 is 55.7 Å². The molecule has 1 fully saturated rings. The number of halogens is 1. The van der Waals surface area contributed by atoms with Gasteiger partial charge in [-0.15, -0.1) is 0 Å². The van der Waals surface area contributed by atoms with Crippen LogP contribution in [0.4, 0.5) is 5.13 Å². The van der Waals surface area contributed by atoms with Crippen LogP contribution in [0.1, 0.15) is 54.6 Å². The number of anilines is 1. The van der Waals surface area contributed by atoms with E-state index in [1.165, 1.54) is 16.2 Å². The predicted molar refractivity (Wildman–Crippen MR) is 148 cm³/mol. The molecule has 0 spiro atoms. The van der Waals surface area contributed by atoms with Crippen molar-refractivity contribution in [3.63, 3.8) is 0 Å². The molecular weight excluding hydrogens is 506 g/mol. The van der Waals surface area contributed by atoms with Crippen molar-refractivity contribution in [2.45, 2.75) is 46.1 Å². The SMILES string of the molecule is Cc1cc2sc(N3C(=O)C(=O)/C(=C(/O)c4cc(C(C)(C)C)ccc4C)C3c3cccnc3)nc2cc1Cl. The zero-order valence-corrected chi connectivity index (χ0v) is 22.7. The lowest BCUT2D eigenvalue weighted by atomic mass is 9.84. The summed E-state index contributed by atoms with van der Waals surface area (Å²) in [5.41, 5.74) is 4.29. The van der Waals surface area contributed by atoms with Gasteiger partial charge in [0.2, 0.25) is 0 Å². The van der Waals surface area contributed by atoms with Crippen LogP contribution in [0, 0.1) is 13.8 Å². The van der Waals surface area contributed by atoms with Crippen LogP contribution in [-0.4, -0.2) is 26.8 Å². The van der Waals surface area contributed by atoms with Gasteiger partial charge in [-0.3, -0.25) is 19.5 Å². The molecule has 1 aliphatic heterocycles. The monoisotopic (exact) mass is 531 g/mol. The highest BCUT2D eigenvalue weighted by molar-refractivity contribution is 7.22. The van der Waals surface area contributed by atoms with Gasteiger partial charge in [-0.05, 0) is 65.8 Å². The average molecular weight is 532 g/mol. The third-order valence-electron chi connectivity index (χ3n) is 6.67. The lowest BCUT2D eigenvalue weighted by Crippen LogP contribution is -2.29. The Morgan fingerprint density at radius 3 is 2.51 bits per heavy atom. The molecule has 0 radical (unpaired) electrons. The van der Waals surface area contributed by atoms with Crippen LogP contribution >= 0.6 is 22.9 Å². The van der Waals surface area contributed by atoms with Crippen LogP contribution in [0.2, 0.25) is 5.02 Å². The molecule has 2 aromatic carbocycles. The molecule has 37 heavy (non-hydrogen) atoms. The fraction of sp³-hybridized carbons (Fsp3) is 0.241. The van der Waals surface area contributed by atoms with E-state index in [0.29, 0.717) is 26.8 Å². The number of carbonyl (C=O) groups excluding carboxylic acids is 2. The summed E-state index contributed by atoms with van der Waals surface area (Å²) in [6.45, 7) is 10.0. The van der Waals surface area contributed by atoms with E-state index in [1.807, 2.05) is 38.1 Å². The fourth-order valence-corrected chi connectivity index (χ4v) is 5.74. The van der Waals surface area contributed by atoms with Gasteiger partial charge in [0.1, 0.15) is 5.76 Å². The second-order valence-corrected chi connectivity index (χ2v) is 11.7. The summed E-state index contributed by atoms with van der Waals surface area (Å²) in [7, 11) is 0. The van der Waals surface area contributed by atoms with Gasteiger partial charge >= 0.3 is 5.91 Å². The number of thiazole rings is 1. The maximum Gasteiger partial charge on any atom is 0.301 e. The molecule has 0 saturated carbocycles. The number of Topliss-reactive ketones (excluding diaryl/α,β-unsaturated/α-hetero) is 1. The van der Waals surface area contributed by atoms with E-state index in [0.717, 1.165) is 21.4 Å². The Bertz CT molecular complexity index is 1560. The number of carbonyl (C=O) groups is 2. The molecule has 1 N–H and O–H groups in total. The fourth-order valence-electron chi connectivity index (χ4n) is 4.51. The van der Waals surface area contributed by atoms with Crippen LogP contribution < -0.4 is 4.90 Å². The van der Waals surface area contributed by atoms with Crippen LogP contribution in [0.15, 0.2) is 60.4 Å². The summed E-state index contributed by atoms with van der Waals surface area (Å²) < 4.78 is 0.845. The first-order valence-corrected chi connectivity index (χ1v) is 13.1. The smallest absolute Gasteiger partial charge is 0.301 e. The maximum atomic E-state index is 13.5. The number of nitrogens with zero attached hydrogens (tertiary/aromatic N) is 3. The van der Waals surface area contributed by atoms with Crippen molar-refractivity contribution in [2.24, 2.45) is 0 Å². The summed E-state index contributed by atoms with van der Waals surface area (Å²) in [5.74, 6) is -1.72. The van der Waals surface area contributed by atoms with E-state index in [1.54, 1.807) is 30.6 Å². The first-order chi connectivity index (χ1) is 17.5. The Kier molecular flexibility index (Phi) is 6.16. The van der Waals surface area contributed by atoms with E-state index in [4.69, 9.17) is 11.6 Å². The minimum Gasteiger partial charge on any atom is -0.507 e. The number of aliphatic hydroxyl groups excluding tert-OH is 1. The Balaban J connectivity index is 1.74. The van der Waals surface area contributed by atoms with Crippen molar-refractivity contribution in [3.05, 3.63) is 93.3 Å². The highest BCUT2D eigenvalue weighted by Crippen LogP contribution is 2.45. The van der Waals surface area contributed by atoms with Crippen molar-refractivity contribution in [1.29, 1.82) is 0 Å². The second-order valence-electron chi connectivity index (χ2n) is 10.3. The van der Waals surface area contributed by atoms with Crippen LogP contribution in [0.25, 0.3) is 16.0 Å². The van der Waals surface area contributed by atoms with Gasteiger partial charge in [0.25, 0.3) is 5.78 Å². The number of pyridine rings is 1. The molecule has 3 heterocycles. The molecule has 1 atom stereocenters. The van der Waals surface area contributed by atoms with Crippen molar-refractivity contribution in [1.82, 2.24) is 9.97 Å². The zero-order chi connectivity index (χ0) is 26.6. The summed E-state index contributed by atoms with van der Waals surface area (Å²) >= 11 is 7.60. The normalized spacial score (nSPS) is 17.7. The van der Waals surface area contributed by atoms with Gasteiger partial charge in [0.15, 0.2) is 5.13 Å². The number of rotatable bonds is 3. The van der Waals surface area contributed by atoms with Gasteiger partial charge in [0, 0.05) is 23.0 Å². The number of hydrogen-bond donors (Lipinski definition) is 1. The van der Waals surface area contributed by atoms with E-state index < -0.39 is 17.7 Å². The third-order valence-corrected chi connectivity index (χ3v) is 8.09. The largest absolute Gasteiger partial charge is 0.507 e. The van der Waals surface area contributed by atoms with Crippen LogP contribution in [-0.2, 0) is 15.0 Å². The molecule has 8 heteroatoms. The molecule has 5 rings (SSSR count). The molecule has 1 unspecified atom stereocenters. The van der Waals surface area contributed by atoms with Gasteiger partial charge in [-0.2, -0.15) is 0 Å². The summed E-state index contributed by atoms with van der Waals surface area (Å²) in [6.07, 6.45) is 3.22. The molecule has 0 aliphatic carbocycles. The summed E-state index contributed by atoms with van der Waals surface area (Å²) in [5, 5.41) is 12.5. The van der Waals surface area contributed by atoms with Gasteiger partial charge in [-0.25, -0.2) is 4.98 Å². The highest BCUT2D eigenvalue weighted by atomic mass is 35.5. The first kappa shape index (κ1) is 25.1. The number of hydrogen-bond acceptors (Lipinski definition) is 6. The van der Waals surface area contributed by atoms with Crippen molar-refractivity contribution < 1.29 is 14.7 Å². The Morgan fingerprint density at radius 1 is 1.08 bits per heavy atom. The van der Waals surface area contributed by atoms with Crippen LogP contribution in [0.5, 0.6) is 0 Å². The standard InChI is InChI=1S/C29H26ClN3O3S/c1-15-8-9-18(29(3,4)5)12-19(15)25(34)23-24(17-7-6-10-31-14-17)33(27(36)26(23)35)28-32-21-13-20(30)16(2)11-22(21)37-28/h6-14,24,34H,1-5H3/b25-23+. The molecule has 0 bridgehead atoms. The predicted octanol–water partition coefficient (Wildman–Crippen LogP) is 6.89. The minimum absolute atomic E-state index is 0.0145. The van der Waals surface area contributed by atoms with E-state index in [-0.39, 0.29) is 16.7 Å². The molecular formula is C29H26ClN3O3S. The summed E-state index contributed by atoms with van der Waals surface area (Å²) in [4.78, 5) is 37.3. The second kappa shape index (κ2) is 9.08. The molecule has 2 aromatic heterocycles. The molecule has 188 valence electrons. The minimum atomic E-state index is -0.886. The number of aliphatic hydroxyl groups is 1. The molecule has 1 amide bonds. The Labute approximate surface area is 224 Å². The van der Waals surface area contributed by atoms with E-state index in [9.17, 15) is 14.7 Å². The molecule has 1 aliphatic rings. The Morgan fingerprint density at radius 2 is 1.84 bits per heavy atom. The average Bonchev–Trinajstić information content (AvgIpc) is 3.36. The number of benzene rings is 2. The number of fused-ring (bicyclic) bond motifs is 1. The summed E-state index contributed by atoms with van der Waals surface area (Å²) in [6, 6.07) is 12.1. The molecule has 6 nitrogen and oxygen atoms in total. The molecule has 1 saturated heterocycles. The third kappa shape index (κ3) is 4.32. The number of ketones is 1. The van der Waals surface area contributed by atoms with Crippen molar-refractivity contribution in [2.75, 3.05) is 4.90 Å². The van der Waals surface area contributed by atoms with Gasteiger partial charge < -0.3 is 5.11 Å². The highest BCUT2D eigenvalue weighted by Gasteiger charge is 2.48. The van der Waals surface area contributed by atoms with Crippen LogP contribution in [0.3, 0.4) is 0 Å². The zero-order valence-electron chi connectivity index (χ0n) is 21.2. The van der Waals surface area contributed by atoms with Gasteiger partial charge in [0.05, 0.1) is 21.8 Å².